The standard InChI is InChI=1S/C20H21ClN2O4/c1-13-5-3-6-14(2)20(13)23-18(25)12-27-19(26)10-9-17(24)22-16-8-4-7-15(21)11-16/h3-8,11H,9-10,12H2,1-2H3,(H,22,24)(H,23,25). The molecule has 0 atom stereocenters. The summed E-state index contributed by atoms with van der Waals surface area (Å²) >= 11 is 5.84. The van der Waals surface area contributed by atoms with E-state index in [-0.39, 0.29) is 18.7 Å². The fourth-order valence-corrected chi connectivity index (χ4v) is 2.60. The van der Waals surface area contributed by atoms with Crippen molar-refractivity contribution in [3.63, 3.8) is 0 Å². The van der Waals surface area contributed by atoms with Crippen molar-refractivity contribution in [1.29, 1.82) is 0 Å². The van der Waals surface area contributed by atoms with E-state index in [1.807, 2.05) is 32.0 Å². The number of halogens is 1. The molecule has 0 saturated carbocycles. The quantitative estimate of drug-likeness (QED) is 0.705. The van der Waals surface area contributed by atoms with Crippen molar-refractivity contribution in [2.24, 2.45) is 0 Å². The Labute approximate surface area is 162 Å². The molecule has 0 heterocycles. The van der Waals surface area contributed by atoms with Crippen molar-refractivity contribution >= 4 is 40.8 Å². The van der Waals surface area contributed by atoms with E-state index < -0.39 is 18.5 Å². The SMILES string of the molecule is Cc1cccc(C)c1NC(=O)COC(=O)CCC(=O)Nc1cccc(Cl)c1. The number of rotatable bonds is 7. The van der Waals surface area contributed by atoms with E-state index in [1.54, 1.807) is 24.3 Å². The topological polar surface area (TPSA) is 84.5 Å². The lowest BCUT2D eigenvalue weighted by atomic mass is 10.1. The van der Waals surface area contributed by atoms with Gasteiger partial charge in [0.05, 0.1) is 6.42 Å². The summed E-state index contributed by atoms with van der Waals surface area (Å²) in [7, 11) is 0. The summed E-state index contributed by atoms with van der Waals surface area (Å²) in [5.41, 5.74) is 3.10. The zero-order chi connectivity index (χ0) is 19.8. The van der Waals surface area contributed by atoms with E-state index >= 15 is 0 Å². The van der Waals surface area contributed by atoms with Gasteiger partial charge in [0.2, 0.25) is 5.91 Å². The summed E-state index contributed by atoms with van der Waals surface area (Å²) in [6, 6.07) is 12.4. The van der Waals surface area contributed by atoms with Gasteiger partial charge in [0.15, 0.2) is 6.61 Å². The van der Waals surface area contributed by atoms with E-state index in [9.17, 15) is 14.4 Å². The highest BCUT2D eigenvalue weighted by atomic mass is 35.5. The molecule has 27 heavy (non-hydrogen) atoms. The summed E-state index contributed by atoms with van der Waals surface area (Å²) < 4.78 is 4.92. The van der Waals surface area contributed by atoms with Crippen LogP contribution >= 0.6 is 11.6 Å². The molecule has 7 heteroatoms. The van der Waals surface area contributed by atoms with E-state index in [1.165, 1.54) is 0 Å². The number of anilines is 2. The van der Waals surface area contributed by atoms with Crippen LogP contribution in [0.15, 0.2) is 42.5 Å². The van der Waals surface area contributed by atoms with Crippen LogP contribution in [0.5, 0.6) is 0 Å². The van der Waals surface area contributed by atoms with Gasteiger partial charge in [0.25, 0.3) is 5.91 Å². The first-order valence-corrected chi connectivity index (χ1v) is 8.80. The minimum absolute atomic E-state index is 0.0517. The molecule has 142 valence electrons. The van der Waals surface area contributed by atoms with Crippen LogP contribution in [0.1, 0.15) is 24.0 Å². The predicted molar refractivity (Wildman–Crippen MR) is 105 cm³/mol. The third-order valence-corrected chi connectivity index (χ3v) is 4.01. The molecular formula is C20H21ClN2O4. The van der Waals surface area contributed by atoms with Gasteiger partial charge >= 0.3 is 5.97 Å². The van der Waals surface area contributed by atoms with Crippen LogP contribution in [0, 0.1) is 13.8 Å². The van der Waals surface area contributed by atoms with Crippen LogP contribution < -0.4 is 10.6 Å². The van der Waals surface area contributed by atoms with Gasteiger partial charge in [-0.3, -0.25) is 14.4 Å². The molecular weight excluding hydrogens is 368 g/mol. The number of carbonyl (C=O) groups is 3. The number of carbonyl (C=O) groups excluding carboxylic acids is 3. The number of para-hydroxylation sites is 1. The fourth-order valence-electron chi connectivity index (χ4n) is 2.41. The average Bonchev–Trinajstić information content (AvgIpc) is 2.61. The van der Waals surface area contributed by atoms with Crippen molar-refractivity contribution in [2.75, 3.05) is 17.2 Å². The van der Waals surface area contributed by atoms with Crippen LogP contribution in [0.2, 0.25) is 5.02 Å². The largest absolute Gasteiger partial charge is 0.456 e. The molecule has 0 bridgehead atoms. The molecule has 0 aliphatic rings. The molecule has 0 aromatic heterocycles. The maximum Gasteiger partial charge on any atom is 0.306 e. The van der Waals surface area contributed by atoms with Gasteiger partial charge < -0.3 is 15.4 Å². The molecule has 0 saturated heterocycles. The summed E-state index contributed by atoms with van der Waals surface area (Å²) in [4.78, 5) is 35.5. The predicted octanol–water partition coefficient (Wildman–Crippen LogP) is 3.86. The number of benzene rings is 2. The highest BCUT2D eigenvalue weighted by Gasteiger charge is 2.12. The summed E-state index contributed by atoms with van der Waals surface area (Å²) in [6.07, 6.45) is -0.174. The van der Waals surface area contributed by atoms with Gasteiger partial charge in [0.1, 0.15) is 0 Å². The first-order chi connectivity index (χ1) is 12.8. The van der Waals surface area contributed by atoms with Gasteiger partial charge in [-0.1, -0.05) is 35.9 Å². The van der Waals surface area contributed by atoms with Crippen molar-refractivity contribution in [3.05, 3.63) is 58.6 Å². The van der Waals surface area contributed by atoms with Gasteiger partial charge in [-0.05, 0) is 43.2 Å². The molecule has 0 unspecified atom stereocenters. The number of amides is 2. The molecule has 0 radical (unpaired) electrons. The smallest absolute Gasteiger partial charge is 0.306 e. The van der Waals surface area contributed by atoms with Crippen LogP contribution in [-0.4, -0.2) is 24.4 Å². The Morgan fingerprint density at radius 1 is 0.926 bits per heavy atom. The summed E-state index contributed by atoms with van der Waals surface area (Å²) in [5, 5.41) is 5.87. The Kier molecular flexibility index (Phi) is 7.37. The third kappa shape index (κ3) is 6.75. The Morgan fingerprint density at radius 3 is 2.26 bits per heavy atom. The first kappa shape index (κ1) is 20.5. The van der Waals surface area contributed by atoms with E-state index in [0.717, 1.165) is 11.1 Å². The molecule has 0 aliphatic heterocycles. The maximum absolute atomic E-state index is 12.0. The summed E-state index contributed by atoms with van der Waals surface area (Å²) in [6.45, 7) is 3.36. The second-order valence-electron chi connectivity index (χ2n) is 6.03. The van der Waals surface area contributed by atoms with Crippen LogP contribution in [-0.2, 0) is 19.1 Å². The number of nitrogens with one attached hydrogen (secondary N) is 2. The van der Waals surface area contributed by atoms with Crippen LogP contribution in [0.4, 0.5) is 11.4 Å². The lowest BCUT2D eigenvalue weighted by Gasteiger charge is -2.11. The highest BCUT2D eigenvalue weighted by Crippen LogP contribution is 2.19. The van der Waals surface area contributed by atoms with E-state index in [2.05, 4.69) is 10.6 Å². The molecule has 2 aromatic carbocycles. The second-order valence-corrected chi connectivity index (χ2v) is 6.47. The second kappa shape index (κ2) is 9.73. The lowest BCUT2D eigenvalue weighted by Crippen LogP contribution is -2.22. The number of hydrogen-bond acceptors (Lipinski definition) is 4. The zero-order valence-corrected chi connectivity index (χ0v) is 15.9. The minimum Gasteiger partial charge on any atom is -0.456 e. The Hall–Kier alpha value is -2.86. The first-order valence-electron chi connectivity index (χ1n) is 8.42. The van der Waals surface area contributed by atoms with Gasteiger partial charge in [-0.15, -0.1) is 0 Å². The number of hydrogen-bond donors (Lipinski definition) is 2. The van der Waals surface area contributed by atoms with Crippen molar-refractivity contribution in [2.45, 2.75) is 26.7 Å². The minimum atomic E-state index is -0.618. The van der Waals surface area contributed by atoms with E-state index in [4.69, 9.17) is 16.3 Å². The van der Waals surface area contributed by atoms with Gasteiger partial charge in [0, 0.05) is 22.8 Å². The van der Waals surface area contributed by atoms with Gasteiger partial charge in [-0.25, -0.2) is 0 Å². The molecule has 0 aliphatic carbocycles. The Bertz CT molecular complexity index is 831. The molecule has 0 fully saturated rings. The van der Waals surface area contributed by atoms with Crippen molar-refractivity contribution in [3.8, 4) is 0 Å². The number of aryl methyl sites for hydroxylation is 2. The maximum atomic E-state index is 12.0. The third-order valence-electron chi connectivity index (χ3n) is 3.77. The molecule has 2 aromatic rings. The Balaban J connectivity index is 1.72. The number of esters is 1. The average molecular weight is 389 g/mol. The molecule has 2 rings (SSSR count). The molecule has 0 spiro atoms. The molecule has 6 nitrogen and oxygen atoms in total. The monoisotopic (exact) mass is 388 g/mol. The van der Waals surface area contributed by atoms with Crippen molar-refractivity contribution in [1.82, 2.24) is 0 Å². The summed E-state index contributed by atoms with van der Waals surface area (Å²) in [5.74, 6) is -1.38. The Morgan fingerprint density at radius 2 is 1.59 bits per heavy atom. The zero-order valence-electron chi connectivity index (χ0n) is 15.2. The van der Waals surface area contributed by atoms with Gasteiger partial charge in [-0.2, -0.15) is 0 Å². The van der Waals surface area contributed by atoms with Crippen LogP contribution in [0.3, 0.4) is 0 Å². The fraction of sp³-hybridized carbons (Fsp3) is 0.250. The molecule has 2 N–H and O–H groups in total. The van der Waals surface area contributed by atoms with E-state index in [0.29, 0.717) is 16.4 Å². The lowest BCUT2D eigenvalue weighted by molar-refractivity contribution is -0.147. The normalized spacial score (nSPS) is 10.2. The van der Waals surface area contributed by atoms with Crippen LogP contribution in [0.25, 0.3) is 0 Å². The molecule has 2 amide bonds. The number of ether oxygens (including phenoxy) is 1. The van der Waals surface area contributed by atoms with Crippen molar-refractivity contribution < 1.29 is 19.1 Å². The highest BCUT2D eigenvalue weighted by molar-refractivity contribution is 6.30.